The van der Waals surface area contributed by atoms with Gasteiger partial charge in [-0.3, -0.25) is 19.3 Å². The first-order chi connectivity index (χ1) is 13.9. The smallest absolute Gasteiger partial charge is 0.274 e. The molecule has 5 rings (SSSR count). The van der Waals surface area contributed by atoms with Gasteiger partial charge in [0, 0.05) is 11.0 Å². The molecule has 4 unspecified atom stereocenters. The number of benzene rings is 1. The van der Waals surface area contributed by atoms with Crippen molar-refractivity contribution in [3.63, 3.8) is 0 Å². The molecule has 4 atom stereocenters. The van der Waals surface area contributed by atoms with Gasteiger partial charge in [0.1, 0.15) is 0 Å². The lowest BCUT2D eigenvalue weighted by atomic mass is 9.68. The van der Waals surface area contributed by atoms with E-state index in [-0.39, 0.29) is 15.9 Å². The molecule has 10 heteroatoms. The van der Waals surface area contributed by atoms with E-state index in [1.807, 2.05) is 6.92 Å². The van der Waals surface area contributed by atoms with Gasteiger partial charge in [-0.15, -0.1) is 0 Å². The van der Waals surface area contributed by atoms with Crippen LogP contribution in [0.5, 0.6) is 0 Å². The number of fused-ring (bicyclic) bond motifs is 1. The third-order valence-corrected chi connectivity index (χ3v) is 9.13. The second kappa shape index (κ2) is 6.48. The Morgan fingerprint density at radius 2 is 1.67 bits per heavy atom. The molecule has 1 aromatic rings. The van der Waals surface area contributed by atoms with Crippen LogP contribution in [-0.4, -0.2) is 58.6 Å². The molecule has 160 valence electrons. The van der Waals surface area contributed by atoms with Crippen LogP contribution in [0.15, 0.2) is 27.6 Å². The standard InChI is InChI=1S/C20H21BrN2O6S/c1-5-22-17(24)14-12-8-13(21)20(27,15(14)18(22)25)19(26)23(12)30(28,29)16-10(3)6-9(2)7-11(16)4/h6-8,12,14-15,27H,5H2,1-4H3. The first-order valence-electron chi connectivity index (χ1n) is 9.51. The monoisotopic (exact) mass is 496 g/mol. The summed E-state index contributed by atoms with van der Waals surface area (Å²) in [4.78, 5) is 40.0. The molecular weight excluding hydrogens is 476 g/mol. The van der Waals surface area contributed by atoms with Crippen molar-refractivity contribution in [1.29, 1.82) is 0 Å². The zero-order valence-electron chi connectivity index (χ0n) is 16.8. The minimum Gasteiger partial charge on any atom is -0.374 e. The van der Waals surface area contributed by atoms with Crippen LogP contribution in [-0.2, 0) is 24.4 Å². The number of amides is 3. The predicted octanol–water partition coefficient (Wildman–Crippen LogP) is 1.16. The molecule has 1 N–H and O–H groups in total. The van der Waals surface area contributed by atoms with Crippen LogP contribution in [0.1, 0.15) is 23.6 Å². The minimum absolute atomic E-state index is 0.00848. The summed E-state index contributed by atoms with van der Waals surface area (Å²) >= 11 is 3.14. The van der Waals surface area contributed by atoms with E-state index in [9.17, 15) is 27.9 Å². The van der Waals surface area contributed by atoms with Gasteiger partial charge in [0.05, 0.1) is 22.8 Å². The molecule has 0 aromatic heterocycles. The molecule has 4 aliphatic rings. The Bertz CT molecular complexity index is 1140. The van der Waals surface area contributed by atoms with Gasteiger partial charge in [-0.25, -0.2) is 12.7 Å². The van der Waals surface area contributed by atoms with Crippen molar-refractivity contribution in [3.05, 3.63) is 39.4 Å². The quantitative estimate of drug-likeness (QED) is 0.628. The number of nitrogens with zero attached hydrogens (tertiary/aromatic N) is 2. The van der Waals surface area contributed by atoms with Crippen molar-refractivity contribution >= 4 is 43.7 Å². The highest BCUT2D eigenvalue weighted by molar-refractivity contribution is 9.11. The largest absolute Gasteiger partial charge is 0.374 e. The highest BCUT2D eigenvalue weighted by Crippen LogP contribution is 2.54. The molecule has 30 heavy (non-hydrogen) atoms. The van der Waals surface area contributed by atoms with E-state index >= 15 is 0 Å². The van der Waals surface area contributed by atoms with Gasteiger partial charge < -0.3 is 5.11 Å². The van der Waals surface area contributed by atoms with Crippen LogP contribution >= 0.6 is 15.9 Å². The van der Waals surface area contributed by atoms with E-state index in [2.05, 4.69) is 15.9 Å². The number of piperidine rings is 1. The van der Waals surface area contributed by atoms with Gasteiger partial charge >= 0.3 is 0 Å². The van der Waals surface area contributed by atoms with E-state index < -0.39 is 51.2 Å². The summed E-state index contributed by atoms with van der Waals surface area (Å²) in [6, 6.07) is 2.18. The number of halogens is 1. The summed E-state index contributed by atoms with van der Waals surface area (Å²) in [6.45, 7) is 6.77. The second-order valence-electron chi connectivity index (χ2n) is 8.03. The topological polar surface area (TPSA) is 112 Å². The summed E-state index contributed by atoms with van der Waals surface area (Å²) in [5, 5.41) is 11.3. The molecule has 3 heterocycles. The summed E-state index contributed by atoms with van der Waals surface area (Å²) < 4.78 is 27.9. The van der Waals surface area contributed by atoms with Crippen LogP contribution < -0.4 is 0 Å². The number of aliphatic hydroxyl groups is 1. The van der Waals surface area contributed by atoms with Gasteiger partial charge in [0.15, 0.2) is 5.60 Å². The first-order valence-corrected chi connectivity index (χ1v) is 11.7. The molecule has 0 saturated carbocycles. The van der Waals surface area contributed by atoms with Crippen molar-refractivity contribution in [2.75, 3.05) is 6.54 Å². The Hall–Kier alpha value is -2.04. The fourth-order valence-corrected chi connectivity index (χ4v) is 7.75. The molecular formula is C20H21BrN2O6S. The van der Waals surface area contributed by atoms with Crippen molar-refractivity contribution in [2.24, 2.45) is 11.8 Å². The maximum Gasteiger partial charge on any atom is 0.274 e. The number of carbonyl (C=O) groups excluding carboxylic acids is 3. The number of imide groups is 1. The van der Waals surface area contributed by atoms with Crippen molar-refractivity contribution in [3.8, 4) is 0 Å². The number of aryl methyl sites for hydroxylation is 3. The van der Waals surface area contributed by atoms with Gasteiger partial charge in [0.2, 0.25) is 11.8 Å². The van der Waals surface area contributed by atoms with E-state index in [0.717, 1.165) is 10.5 Å². The first kappa shape index (κ1) is 21.2. The van der Waals surface area contributed by atoms with Crippen LogP contribution in [0.25, 0.3) is 0 Å². The zero-order valence-corrected chi connectivity index (χ0v) is 19.2. The summed E-state index contributed by atoms with van der Waals surface area (Å²) in [5.74, 6) is -4.90. The van der Waals surface area contributed by atoms with E-state index in [4.69, 9.17) is 0 Å². The fourth-order valence-electron chi connectivity index (χ4n) is 5.07. The Morgan fingerprint density at radius 3 is 2.20 bits per heavy atom. The third-order valence-electron chi connectivity index (χ3n) is 6.18. The van der Waals surface area contributed by atoms with Gasteiger partial charge in [-0.2, -0.15) is 0 Å². The van der Waals surface area contributed by atoms with E-state index in [0.29, 0.717) is 15.4 Å². The summed E-state index contributed by atoms with van der Waals surface area (Å²) in [6.07, 6.45) is 1.35. The number of sulfonamides is 1. The average molecular weight is 497 g/mol. The normalized spacial score (nSPS) is 30.8. The highest BCUT2D eigenvalue weighted by Gasteiger charge is 2.72. The molecule has 8 nitrogen and oxygen atoms in total. The molecule has 2 fully saturated rings. The van der Waals surface area contributed by atoms with Crippen LogP contribution in [0.3, 0.4) is 0 Å². The third kappa shape index (κ3) is 2.41. The molecule has 3 amide bonds. The van der Waals surface area contributed by atoms with Crippen molar-refractivity contribution in [2.45, 2.75) is 44.2 Å². The molecule has 1 aromatic carbocycles. The number of rotatable bonds is 3. The Balaban J connectivity index is 1.94. The molecule has 0 spiro atoms. The number of carbonyl (C=O) groups is 3. The van der Waals surface area contributed by atoms with Crippen LogP contribution in [0, 0.1) is 32.6 Å². The number of hydrogen-bond acceptors (Lipinski definition) is 6. The lowest BCUT2D eigenvalue weighted by Crippen LogP contribution is -2.70. The van der Waals surface area contributed by atoms with Crippen LogP contribution in [0.2, 0.25) is 0 Å². The van der Waals surface area contributed by atoms with Gasteiger partial charge in [0.25, 0.3) is 15.9 Å². The predicted molar refractivity (Wildman–Crippen MR) is 110 cm³/mol. The van der Waals surface area contributed by atoms with E-state index in [1.165, 1.54) is 6.08 Å². The highest BCUT2D eigenvalue weighted by atomic mass is 79.9. The molecule has 2 saturated heterocycles. The summed E-state index contributed by atoms with van der Waals surface area (Å²) in [5.41, 5.74) is -0.669. The Labute approximate surface area is 182 Å². The SMILES string of the molecule is CCN1C(=O)C2C3C=C(Br)C(O)(C(=O)N3S(=O)(=O)c3c(C)cc(C)cc3C)C2C1=O. The van der Waals surface area contributed by atoms with E-state index in [1.54, 1.807) is 32.9 Å². The number of hydrogen-bond donors (Lipinski definition) is 1. The van der Waals surface area contributed by atoms with Crippen molar-refractivity contribution < 1.29 is 27.9 Å². The fraction of sp³-hybridized carbons (Fsp3) is 0.450. The molecule has 3 aliphatic heterocycles. The Kier molecular flexibility index (Phi) is 4.58. The molecule has 0 radical (unpaired) electrons. The van der Waals surface area contributed by atoms with Crippen LogP contribution in [0.4, 0.5) is 0 Å². The maximum absolute atomic E-state index is 13.7. The zero-order chi connectivity index (χ0) is 22.3. The summed E-state index contributed by atoms with van der Waals surface area (Å²) in [7, 11) is -4.41. The maximum atomic E-state index is 13.7. The van der Waals surface area contributed by atoms with Crippen molar-refractivity contribution in [1.82, 2.24) is 9.21 Å². The minimum atomic E-state index is -4.41. The van der Waals surface area contributed by atoms with Gasteiger partial charge in [-0.05, 0) is 44.9 Å². The molecule has 1 aliphatic carbocycles. The average Bonchev–Trinajstić information content (AvgIpc) is 2.88. The molecule has 2 bridgehead atoms. The van der Waals surface area contributed by atoms with Gasteiger partial charge in [-0.1, -0.05) is 33.6 Å². The number of likely N-dealkylation sites (tertiary alicyclic amines) is 1. The lowest BCUT2D eigenvalue weighted by molar-refractivity contribution is -0.165. The second-order valence-corrected chi connectivity index (χ2v) is 10.6. The lowest BCUT2D eigenvalue weighted by Gasteiger charge is -2.50. The Morgan fingerprint density at radius 1 is 1.10 bits per heavy atom.